The molecule has 0 N–H and O–H groups in total. The maximum atomic E-state index is 13.5. The normalized spacial score (nSPS) is 18.6. The lowest BCUT2D eigenvalue weighted by Crippen LogP contribution is -2.44. The van der Waals surface area contributed by atoms with Crippen LogP contribution in [-0.4, -0.2) is 58.8 Å². The average Bonchev–Trinajstić information content (AvgIpc) is 3.57. The summed E-state index contributed by atoms with van der Waals surface area (Å²) in [6.07, 6.45) is 6.28. The van der Waals surface area contributed by atoms with Gasteiger partial charge >= 0.3 is 0 Å². The Balaban J connectivity index is 1.58. The van der Waals surface area contributed by atoms with Crippen molar-refractivity contribution in [3.63, 3.8) is 0 Å². The van der Waals surface area contributed by atoms with Gasteiger partial charge in [-0.1, -0.05) is 25.0 Å². The van der Waals surface area contributed by atoms with E-state index in [-0.39, 0.29) is 36.1 Å². The van der Waals surface area contributed by atoms with Gasteiger partial charge in [-0.25, -0.2) is 9.40 Å². The first kappa shape index (κ1) is 23.2. The minimum absolute atomic E-state index is 0.0158. The van der Waals surface area contributed by atoms with Gasteiger partial charge in [-0.15, -0.1) is 0 Å². The summed E-state index contributed by atoms with van der Waals surface area (Å²) in [6, 6.07) is 9.71. The highest BCUT2D eigenvalue weighted by molar-refractivity contribution is 6.02. The third kappa shape index (κ3) is 5.16. The Morgan fingerprint density at radius 3 is 2.55 bits per heavy atom. The summed E-state index contributed by atoms with van der Waals surface area (Å²) in [4.78, 5) is 28.2. The quantitative estimate of drug-likeness (QED) is 0.613. The first-order valence-electron chi connectivity index (χ1n) is 11.5. The molecule has 0 unspecified atom stereocenters. The van der Waals surface area contributed by atoms with E-state index in [9.17, 15) is 14.0 Å². The van der Waals surface area contributed by atoms with Crippen LogP contribution in [0.4, 0.5) is 4.39 Å². The van der Waals surface area contributed by atoms with Crippen LogP contribution in [0.3, 0.4) is 0 Å². The Labute approximate surface area is 193 Å². The van der Waals surface area contributed by atoms with Gasteiger partial charge in [0.25, 0.3) is 5.91 Å². The summed E-state index contributed by atoms with van der Waals surface area (Å²) in [5.74, 6) is -0.590. The summed E-state index contributed by atoms with van der Waals surface area (Å²) in [6.45, 7) is 0.673. The van der Waals surface area contributed by atoms with E-state index in [0.29, 0.717) is 19.6 Å². The van der Waals surface area contributed by atoms with Crippen molar-refractivity contribution in [3.05, 3.63) is 59.7 Å². The number of ether oxygens (including phenoxy) is 1. The molecule has 176 valence electrons. The van der Waals surface area contributed by atoms with E-state index in [2.05, 4.69) is 5.10 Å². The van der Waals surface area contributed by atoms with Crippen LogP contribution in [-0.2, 0) is 21.4 Å². The van der Waals surface area contributed by atoms with E-state index in [4.69, 9.17) is 4.74 Å². The van der Waals surface area contributed by atoms with Crippen molar-refractivity contribution in [3.8, 4) is 0 Å². The van der Waals surface area contributed by atoms with Gasteiger partial charge in [0.2, 0.25) is 5.91 Å². The number of aryl methyl sites for hydroxylation is 1. The van der Waals surface area contributed by atoms with Crippen molar-refractivity contribution < 1.29 is 18.7 Å². The highest BCUT2D eigenvalue weighted by Crippen LogP contribution is 2.33. The molecule has 1 atom stereocenters. The molecule has 2 aliphatic rings. The molecule has 2 aromatic rings. The zero-order valence-electron chi connectivity index (χ0n) is 19.2. The third-order valence-corrected chi connectivity index (χ3v) is 6.57. The molecule has 1 fully saturated rings. The van der Waals surface area contributed by atoms with Crippen LogP contribution in [0.5, 0.6) is 0 Å². The van der Waals surface area contributed by atoms with E-state index in [1.165, 1.54) is 17.1 Å². The summed E-state index contributed by atoms with van der Waals surface area (Å²) < 4.78 is 20.7. The zero-order chi connectivity index (χ0) is 23.4. The van der Waals surface area contributed by atoms with E-state index < -0.39 is 0 Å². The highest BCUT2D eigenvalue weighted by atomic mass is 19.1. The van der Waals surface area contributed by atoms with Crippen LogP contribution in [0, 0.1) is 11.7 Å². The number of hydrazone groups is 1. The van der Waals surface area contributed by atoms with Crippen molar-refractivity contribution in [2.75, 3.05) is 26.8 Å². The van der Waals surface area contributed by atoms with E-state index in [1.54, 1.807) is 24.1 Å². The molecular formula is C25H31FN4O3. The van der Waals surface area contributed by atoms with Gasteiger partial charge in [0, 0.05) is 39.2 Å². The Morgan fingerprint density at radius 2 is 1.91 bits per heavy atom. The molecule has 33 heavy (non-hydrogen) atoms. The van der Waals surface area contributed by atoms with Gasteiger partial charge in [-0.3, -0.25) is 9.59 Å². The molecule has 8 heteroatoms. The van der Waals surface area contributed by atoms with Gasteiger partial charge in [0.1, 0.15) is 12.4 Å². The van der Waals surface area contributed by atoms with E-state index >= 15 is 0 Å². The number of halogens is 1. The number of benzene rings is 1. The number of hydrogen-bond donors (Lipinski definition) is 0. The third-order valence-electron chi connectivity index (χ3n) is 6.57. The first-order valence-corrected chi connectivity index (χ1v) is 11.5. The minimum Gasteiger partial charge on any atom is -0.383 e. The van der Waals surface area contributed by atoms with E-state index in [1.807, 2.05) is 29.9 Å². The predicted octanol–water partition coefficient (Wildman–Crippen LogP) is 3.51. The fourth-order valence-corrected chi connectivity index (χ4v) is 4.74. The van der Waals surface area contributed by atoms with Gasteiger partial charge in [-0.05, 0) is 42.7 Å². The van der Waals surface area contributed by atoms with Crippen molar-refractivity contribution in [2.24, 2.45) is 18.1 Å². The van der Waals surface area contributed by atoms with E-state index in [0.717, 1.165) is 42.7 Å². The molecule has 0 bridgehead atoms. The van der Waals surface area contributed by atoms with Crippen LogP contribution in [0.1, 0.15) is 49.4 Å². The lowest BCUT2D eigenvalue weighted by Gasteiger charge is -2.28. The fraction of sp³-hybridized carbons (Fsp3) is 0.480. The maximum Gasteiger partial charge on any atom is 0.262 e. The second kappa shape index (κ2) is 10.3. The first-order chi connectivity index (χ1) is 16.0. The van der Waals surface area contributed by atoms with Crippen LogP contribution in [0.25, 0.3) is 0 Å². The van der Waals surface area contributed by atoms with Crippen LogP contribution in [0.15, 0.2) is 47.7 Å². The fourth-order valence-electron chi connectivity index (χ4n) is 4.74. The maximum absolute atomic E-state index is 13.5. The predicted molar refractivity (Wildman–Crippen MR) is 123 cm³/mol. The largest absolute Gasteiger partial charge is 0.383 e. The Hall–Kier alpha value is -3.00. The molecule has 2 amide bonds. The second-order valence-corrected chi connectivity index (χ2v) is 8.79. The molecule has 1 aromatic heterocycles. The molecular weight excluding hydrogens is 423 g/mol. The van der Waals surface area contributed by atoms with Crippen molar-refractivity contribution in [1.82, 2.24) is 14.5 Å². The number of amides is 2. The van der Waals surface area contributed by atoms with Crippen molar-refractivity contribution in [2.45, 2.75) is 38.1 Å². The van der Waals surface area contributed by atoms with Crippen molar-refractivity contribution in [1.29, 1.82) is 0 Å². The summed E-state index contributed by atoms with van der Waals surface area (Å²) in [7, 11) is 3.52. The van der Waals surface area contributed by atoms with Crippen LogP contribution < -0.4 is 0 Å². The number of carbonyl (C=O) groups excluding carboxylic acids is 2. The Morgan fingerprint density at radius 1 is 1.18 bits per heavy atom. The van der Waals surface area contributed by atoms with Crippen LogP contribution >= 0.6 is 0 Å². The second-order valence-electron chi connectivity index (χ2n) is 8.79. The molecule has 1 aliphatic carbocycles. The molecule has 1 aromatic carbocycles. The zero-order valence-corrected chi connectivity index (χ0v) is 19.2. The molecule has 1 saturated carbocycles. The summed E-state index contributed by atoms with van der Waals surface area (Å²) in [5, 5.41) is 6.15. The number of hydrogen-bond acceptors (Lipinski definition) is 4. The Kier molecular flexibility index (Phi) is 7.23. The topological polar surface area (TPSA) is 67.1 Å². The highest BCUT2D eigenvalue weighted by Gasteiger charge is 2.36. The number of rotatable bonds is 8. The number of aromatic nitrogens is 1. The monoisotopic (exact) mass is 454 g/mol. The smallest absolute Gasteiger partial charge is 0.262 e. The lowest BCUT2D eigenvalue weighted by atomic mass is 10.0. The van der Waals surface area contributed by atoms with Gasteiger partial charge < -0.3 is 14.2 Å². The molecule has 0 radical (unpaired) electrons. The van der Waals surface area contributed by atoms with Gasteiger partial charge in [-0.2, -0.15) is 5.10 Å². The number of carbonyl (C=O) groups is 2. The number of nitrogens with zero attached hydrogens (tertiary/aromatic N) is 4. The molecule has 7 nitrogen and oxygen atoms in total. The lowest BCUT2D eigenvalue weighted by molar-refractivity contribution is -0.144. The summed E-state index contributed by atoms with van der Waals surface area (Å²) >= 11 is 0. The molecule has 0 spiro atoms. The molecule has 4 rings (SSSR count). The summed E-state index contributed by atoms with van der Waals surface area (Å²) in [5.41, 5.74) is 2.52. The van der Waals surface area contributed by atoms with Gasteiger partial charge in [0.05, 0.1) is 24.1 Å². The molecule has 0 saturated heterocycles. The standard InChI is InChI=1S/C25H31FN4O3/c1-28-13-5-8-22(28)21-16-23(18-9-11-20(26)12-10-18)30(27-21)24(31)17-29(14-15-33-2)25(32)19-6-3-4-7-19/h5,8-13,19,23H,3-4,6-7,14-17H2,1-2H3/t23-/m0/s1. The van der Waals surface area contributed by atoms with Crippen molar-refractivity contribution >= 4 is 17.5 Å². The average molecular weight is 455 g/mol. The number of methoxy groups -OCH3 is 1. The van der Waals surface area contributed by atoms with Crippen LogP contribution in [0.2, 0.25) is 0 Å². The Bertz CT molecular complexity index is 1010. The minimum atomic E-state index is -0.353. The van der Waals surface area contributed by atoms with Gasteiger partial charge in [0.15, 0.2) is 0 Å². The molecule has 2 heterocycles. The molecule has 1 aliphatic heterocycles. The SMILES string of the molecule is COCCN(CC(=O)N1N=C(c2cccn2C)C[C@H]1c1ccc(F)cc1)C(=O)C1CCCC1.